The molecule has 0 radical (unpaired) electrons. The summed E-state index contributed by atoms with van der Waals surface area (Å²) < 4.78 is 1.47. The zero-order valence-corrected chi connectivity index (χ0v) is 12.3. The van der Waals surface area contributed by atoms with Crippen molar-refractivity contribution in [1.82, 2.24) is 30.8 Å². The molecule has 0 unspecified atom stereocenters. The van der Waals surface area contributed by atoms with E-state index in [2.05, 4.69) is 26.2 Å². The van der Waals surface area contributed by atoms with E-state index >= 15 is 0 Å². The molecule has 8 nitrogen and oxygen atoms in total. The Hall–Kier alpha value is -2.42. The normalized spacial score (nSPS) is 11.7. The SMILES string of the molecule is CNC(=O)NC(=O)[C@@H](Sc1nnnn1C)c1ccccc1. The van der Waals surface area contributed by atoms with Crippen LogP contribution in [0.3, 0.4) is 0 Å². The number of carbonyl (C=O) groups is 2. The molecule has 1 heterocycles. The average molecular weight is 306 g/mol. The van der Waals surface area contributed by atoms with Gasteiger partial charge in [0.1, 0.15) is 5.25 Å². The van der Waals surface area contributed by atoms with Crippen molar-refractivity contribution in [2.45, 2.75) is 10.4 Å². The molecule has 1 aromatic carbocycles. The van der Waals surface area contributed by atoms with Gasteiger partial charge in [-0.15, -0.1) is 5.10 Å². The van der Waals surface area contributed by atoms with Crippen LogP contribution < -0.4 is 10.6 Å². The second-order valence-corrected chi connectivity index (χ2v) is 5.13. The van der Waals surface area contributed by atoms with Crippen molar-refractivity contribution >= 4 is 23.7 Å². The highest BCUT2D eigenvalue weighted by Crippen LogP contribution is 2.33. The van der Waals surface area contributed by atoms with E-state index in [0.29, 0.717) is 5.16 Å². The number of hydrogen-bond acceptors (Lipinski definition) is 6. The maximum Gasteiger partial charge on any atom is 0.321 e. The van der Waals surface area contributed by atoms with Crippen molar-refractivity contribution < 1.29 is 9.59 Å². The van der Waals surface area contributed by atoms with Crippen LogP contribution in [0.15, 0.2) is 35.5 Å². The van der Waals surface area contributed by atoms with Gasteiger partial charge in [-0.05, 0) is 16.0 Å². The number of urea groups is 1. The number of aryl methyl sites for hydroxylation is 1. The molecule has 1 aromatic heterocycles. The maximum atomic E-state index is 12.3. The Morgan fingerprint density at radius 1 is 1.29 bits per heavy atom. The van der Waals surface area contributed by atoms with Crippen molar-refractivity contribution in [3.8, 4) is 0 Å². The minimum Gasteiger partial charge on any atom is -0.341 e. The highest BCUT2D eigenvalue weighted by molar-refractivity contribution is 8.00. The fraction of sp³-hybridized carbons (Fsp3) is 0.250. The Morgan fingerprint density at radius 3 is 2.57 bits per heavy atom. The first-order valence-electron chi connectivity index (χ1n) is 6.08. The maximum absolute atomic E-state index is 12.3. The molecule has 2 aromatic rings. The predicted octanol–water partition coefficient (Wildman–Crippen LogP) is 0.499. The number of imide groups is 1. The number of thioether (sulfide) groups is 1. The van der Waals surface area contributed by atoms with E-state index in [0.717, 1.165) is 5.56 Å². The number of nitrogens with one attached hydrogen (secondary N) is 2. The standard InChI is InChI=1S/C12H14N6O2S/c1-13-11(20)14-10(19)9(8-6-4-3-5-7-8)21-12-15-16-17-18(12)2/h3-7,9H,1-2H3,(H2,13,14,19,20)/t9-/m0/s1. The van der Waals surface area contributed by atoms with E-state index in [4.69, 9.17) is 0 Å². The molecule has 110 valence electrons. The minimum absolute atomic E-state index is 0.437. The predicted molar refractivity (Wildman–Crippen MR) is 76.4 cm³/mol. The molecule has 0 fully saturated rings. The number of benzene rings is 1. The topological polar surface area (TPSA) is 102 Å². The number of aromatic nitrogens is 4. The van der Waals surface area contributed by atoms with Crippen molar-refractivity contribution in [3.05, 3.63) is 35.9 Å². The molecule has 1 atom stereocenters. The summed E-state index contributed by atoms with van der Waals surface area (Å²) in [7, 11) is 3.13. The molecular weight excluding hydrogens is 292 g/mol. The van der Waals surface area contributed by atoms with E-state index in [1.807, 2.05) is 30.3 Å². The molecule has 2 rings (SSSR count). The third-order valence-electron chi connectivity index (χ3n) is 2.61. The van der Waals surface area contributed by atoms with Gasteiger partial charge < -0.3 is 5.32 Å². The first-order chi connectivity index (χ1) is 10.1. The second kappa shape index (κ2) is 6.84. The second-order valence-electron chi connectivity index (χ2n) is 4.06. The lowest BCUT2D eigenvalue weighted by Crippen LogP contribution is -2.39. The van der Waals surface area contributed by atoms with Crippen LogP contribution in [0.25, 0.3) is 0 Å². The number of hydrogen-bond donors (Lipinski definition) is 2. The first-order valence-corrected chi connectivity index (χ1v) is 6.96. The lowest BCUT2D eigenvalue weighted by Gasteiger charge is -2.15. The third kappa shape index (κ3) is 3.78. The summed E-state index contributed by atoms with van der Waals surface area (Å²) in [6, 6.07) is 8.56. The van der Waals surface area contributed by atoms with Crippen molar-refractivity contribution in [3.63, 3.8) is 0 Å². The van der Waals surface area contributed by atoms with Gasteiger partial charge in [-0.1, -0.05) is 42.1 Å². The van der Waals surface area contributed by atoms with E-state index in [9.17, 15) is 9.59 Å². The molecule has 0 bridgehead atoms. The number of amides is 3. The van der Waals surface area contributed by atoms with Crippen molar-refractivity contribution in [2.24, 2.45) is 7.05 Å². The minimum atomic E-state index is -0.631. The molecule has 2 N–H and O–H groups in total. The summed E-state index contributed by atoms with van der Waals surface area (Å²) in [5.41, 5.74) is 0.756. The largest absolute Gasteiger partial charge is 0.341 e. The summed E-state index contributed by atoms with van der Waals surface area (Å²) in [5.74, 6) is -0.437. The number of nitrogens with zero attached hydrogens (tertiary/aromatic N) is 4. The molecule has 0 saturated heterocycles. The van der Waals surface area contributed by atoms with E-state index in [-0.39, 0.29) is 0 Å². The number of rotatable bonds is 4. The quantitative estimate of drug-likeness (QED) is 0.798. The monoisotopic (exact) mass is 306 g/mol. The summed E-state index contributed by atoms with van der Waals surface area (Å²) in [5, 5.41) is 15.6. The fourth-order valence-electron chi connectivity index (χ4n) is 1.57. The van der Waals surface area contributed by atoms with Crippen LogP contribution in [-0.2, 0) is 11.8 Å². The van der Waals surface area contributed by atoms with Crippen molar-refractivity contribution in [1.29, 1.82) is 0 Å². The molecule has 21 heavy (non-hydrogen) atoms. The van der Waals surface area contributed by atoms with Crippen LogP contribution in [0.4, 0.5) is 4.79 Å². The zero-order valence-electron chi connectivity index (χ0n) is 11.5. The Bertz CT molecular complexity index is 630. The van der Waals surface area contributed by atoms with E-state index < -0.39 is 17.2 Å². The van der Waals surface area contributed by atoms with E-state index in [1.165, 1.54) is 23.5 Å². The molecule has 0 saturated carbocycles. The lowest BCUT2D eigenvalue weighted by atomic mass is 10.1. The molecule has 0 aliphatic carbocycles. The Balaban J connectivity index is 2.24. The van der Waals surface area contributed by atoms with E-state index in [1.54, 1.807) is 7.05 Å². The van der Waals surface area contributed by atoms with Gasteiger partial charge in [-0.3, -0.25) is 10.1 Å². The van der Waals surface area contributed by atoms with Gasteiger partial charge in [-0.25, -0.2) is 9.48 Å². The molecular formula is C12H14N6O2S. The van der Waals surface area contributed by atoms with Gasteiger partial charge >= 0.3 is 6.03 Å². The van der Waals surface area contributed by atoms with Gasteiger partial charge in [0, 0.05) is 14.1 Å². The van der Waals surface area contributed by atoms with Gasteiger partial charge in [-0.2, -0.15) is 0 Å². The summed E-state index contributed by atoms with van der Waals surface area (Å²) >= 11 is 1.17. The third-order valence-corrected chi connectivity index (χ3v) is 3.89. The van der Waals surface area contributed by atoms with Crippen LogP contribution in [0.2, 0.25) is 0 Å². The first kappa shape index (κ1) is 15.0. The van der Waals surface area contributed by atoms with Crippen LogP contribution in [-0.4, -0.2) is 39.2 Å². The van der Waals surface area contributed by atoms with Crippen molar-refractivity contribution in [2.75, 3.05) is 7.05 Å². The molecule has 3 amide bonds. The Labute approximate surface area is 125 Å². The molecule has 0 aliphatic heterocycles. The summed E-state index contributed by atoms with van der Waals surface area (Å²) in [6.07, 6.45) is 0. The van der Waals surface area contributed by atoms with Crippen LogP contribution in [0.1, 0.15) is 10.8 Å². The summed E-state index contributed by atoms with van der Waals surface area (Å²) in [4.78, 5) is 23.6. The van der Waals surface area contributed by atoms with Crippen LogP contribution in [0, 0.1) is 0 Å². The Morgan fingerprint density at radius 2 is 2.00 bits per heavy atom. The van der Waals surface area contributed by atoms with Gasteiger partial charge in [0.15, 0.2) is 0 Å². The van der Waals surface area contributed by atoms with Crippen LogP contribution >= 0.6 is 11.8 Å². The average Bonchev–Trinajstić information content (AvgIpc) is 2.90. The van der Waals surface area contributed by atoms with Gasteiger partial charge in [0.25, 0.3) is 0 Å². The highest BCUT2D eigenvalue weighted by Gasteiger charge is 2.25. The van der Waals surface area contributed by atoms with Gasteiger partial charge in [0.05, 0.1) is 0 Å². The van der Waals surface area contributed by atoms with Crippen LogP contribution in [0.5, 0.6) is 0 Å². The molecule has 9 heteroatoms. The fourth-order valence-corrected chi connectivity index (χ4v) is 2.51. The summed E-state index contributed by atoms with van der Waals surface area (Å²) in [6.45, 7) is 0. The highest BCUT2D eigenvalue weighted by atomic mass is 32.2. The van der Waals surface area contributed by atoms with Gasteiger partial charge in [0.2, 0.25) is 11.1 Å². The lowest BCUT2D eigenvalue weighted by molar-refractivity contribution is -0.119. The Kier molecular flexibility index (Phi) is 4.88. The molecule has 0 spiro atoms. The molecule has 0 aliphatic rings. The number of tetrazole rings is 1. The zero-order chi connectivity index (χ0) is 15.2. The smallest absolute Gasteiger partial charge is 0.321 e. The number of carbonyl (C=O) groups excluding carboxylic acids is 2.